The van der Waals surface area contributed by atoms with Crippen molar-refractivity contribution < 1.29 is 58.2 Å². The maximum absolute atomic E-state index is 14.7. The van der Waals surface area contributed by atoms with Crippen LogP contribution < -0.4 is 65.9 Å². The average molecular weight is 1200 g/mol. The van der Waals surface area contributed by atoms with Gasteiger partial charge in [0.25, 0.3) is 0 Å². The molecule has 0 spiro atoms. The summed E-state index contributed by atoms with van der Waals surface area (Å²) in [5.74, 6) is -10.0. The Morgan fingerprint density at radius 1 is 0.647 bits per heavy atom. The Kier molecular flexibility index (Phi) is 36.2. The molecule has 85 heavy (non-hydrogen) atoms. The number of nitrogens with one attached hydrogen (secondary N) is 7. The normalized spacial score (nSPS) is 23.7. The maximum Gasteiger partial charge on any atom is 0.243 e. The van der Waals surface area contributed by atoms with Crippen molar-refractivity contribution in [3.63, 3.8) is 0 Å². The molecular weight excluding hydrogens is 1090 g/mol. The highest BCUT2D eigenvalue weighted by atomic mass is 16.3. The summed E-state index contributed by atoms with van der Waals surface area (Å²) in [5.41, 5.74) is 30.5. The van der Waals surface area contributed by atoms with Crippen LogP contribution >= 0.6 is 0 Å². The summed E-state index contributed by atoms with van der Waals surface area (Å²) in [6, 6.07) is 0.519. The lowest BCUT2D eigenvalue weighted by Crippen LogP contribution is -2.59. The largest absolute Gasteiger partial charge is 0.393 e. The van der Waals surface area contributed by atoms with Crippen molar-refractivity contribution >= 4 is 58.6 Å². The van der Waals surface area contributed by atoms with E-state index in [0.717, 1.165) is 25.7 Å². The average Bonchev–Trinajstić information content (AvgIpc) is 3.67. The zero-order chi connectivity index (χ0) is 63.8. The molecule has 1 aromatic carbocycles. The SMILES string of the molecule is CCC(C)CCCCC(=O)C[C@@H](CCN)C(C)N[C@H](C(=O)C[C@@H](CCN)C(=O)NC1CCNC(=O)[C@H](C(C)O)CC(=O)[C@H](CCN)NC(=O)C(CCN)NC(=O)[C@H](CC(C)C)NC(=O)[C@@H](Cc2ccccc2)NC(=O)[C@H](CCN)CC1=O)C(C)O. The van der Waals surface area contributed by atoms with E-state index >= 15 is 0 Å². The highest BCUT2D eigenvalue weighted by Gasteiger charge is 2.38. The molecule has 482 valence electrons. The molecule has 1 aliphatic rings. The van der Waals surface area contributed by atoms with Crippen LogP contribution in [-0.4, -0.2) is 163 Å². The monoisotopic (exact) mass is 1200 g/mol. The number of nitrogens with two attached hydrogens (primary N) is 5. The third kappa shape index (κ3) is 27.8. The number of ketones is 4. The number of rotatable bonds is 32. The molecule has 0 bridgehead atoms. The predicted molar refractivity (Wildman–Crippen MR) is 325 cm³/mol. The lowest BCUT2D eigenvalue weighted by Gasteiger charge is -2.31. The number of amides is 6. The van der Waals surface area contributed by atoms with Crippen molar-refractivity contribution in [2.24, 2.45) is 64.2 Å². The molecule has 1 saturated heterocycles. The summed E-state index contributed by atoms with van der Waals surface area (Å²) in [6.45, 7) is 12.2. The lowest BCUT2D eigenvalue weighted by molar-refractivity contribution is -0.136. The van der Waals surface area contributed by atoms with Crippen molar-refractivity contribution in [3.8, 4) is 0 Å². The molecular formula is C61H106N12O12. The highest BCUT2D eigenvalue weighted by molar-refractivity contribution is 5.98. The number of Topliss-reactive ketones (excluding diaryl/α,β-unsaturated/α-hetero) is 4. The van der Waals surface area contributed by atoms with Crippen molar-refractivity contribution in [1.29, 1.82) is 0 Å². The van der Waals surface area contributed by atoms with Gasteiger partial charge in [-0.25, -0.2) is 0 Å². The summed E-state index contributed by atoms with van der Waals surface area (Å²) < 4.78 is 0. The van der Waals surface area contributed by atoms with Gasteiger partial charge < -0.3 is 76.1 Å². The van der Waals surface area contributed by atoms with Crippen LogP contribution in [0.5, 0.6) is 0 Å². The van der Waals surface area contributed by atoms with Crippen molar-refractivity contribution in [2.45, 2.75) is 212 Å². The molecule has 19 N–H and O–H groups in total. The van der Waals surface area contributed by atoms with Gasteiger partial charge in [-0.3, -0.25) is 47.9 Å². The van der Waals surface area contributed by atoms with Crippen LogP contribution in [0.15, 0.2) is 30.3 Å². The number of benzene rings is 1. The Morgan fingerprint density at radius 2 is 1.24 bits per heavy atom. The molecule has 1 fully saturated rings. The van der Waals surface area contributed by atoms with Crippen LogP contribution in [-0.2, 0) is 54.4 Å². The second-order valence-corrected chi connectivity index (χ2v) is 23.8. The van der Waals surface area contributed by atoms with Gasteiger partial charge in [-0.15, -0.1) is 0 Å². The van der Waals surface area contributed by atoms with Crippen LogP contribution in [0.25, 0.3) is 0 Å². The first-order valence-corrected chi connectivity index (χ1v) is 30.9. The van der Waals surface area contributed by atoms with Gasteiger partial charge in [-0.1, -0.05) is 77.3 Å². The van der Waals surface area contributed by atoms with E-state index in [0.29, 0.717) is 24.3 Å². The predicted octanol–water partition coefficient (Wildman–Crippen LogP) is -0.0205. The summed E-state index contributed by atoms with van der Waals surface area (Å²) in [6.07, 6.45) is 0.201. The van der Waals surface area contributed by atoms with Gasteiger partial charge in [0, 0.05) is 62.9 Å². The number of carbonyl (C=O) groups is 10. The zero-order valence-electron chi connectivity index (χ0n) is 51.7. The topological polar surface area (TPSA) is 425 Å². The number of hydrogen-bond acceptors (Lipinski definition) is 18. The molecule has 0 aliphatic carbocycles. The molecule has 2 rings (SSSR count). The molecule has 0 saturated carbocycles. The van der Waals surface area contributed by atoms with Gasteiger partial charge in [0.05, 0.1) is 36.3 Å². The van der Waals surface area contributed by atoms with E-state index in [1.807, 2.05) is 20.8 Å². The van der Waals surface area contributed by atoms with Crippen LogP contribution in [0.2, 0.25) is 0 Å². The number of aliphatic hydroxyl groups is 2. The maximum atomic E-state index is 14.7. The molecule has 6 unspecified atom stereocenters. The number of unbranched alkanes of at least 4 members (excludes halogenated alkanes) is 1. The third-order valence-electron chi connectivity index (χ3n) is 16.1. The minimum atomic E-state index is -1.44. The van der Waals surface area contributed by atoms with E-state index in [2.05, 4.69) is 51.1 Å². The second-order valence-electron chi connectivity index (χ2n) is 23.8. The molecule has 1 heterocycles. The molecule has 1 aliphatic heterocycles. The van der Waals surface area contributed by atoms with Crippen molar-refractivity contribution in [1.82, 2.24) is 37.2 Å². The lowest BCUT2D eigenvalue weighted by atomic mass is 9.87. The van der Waals surface area contributed by atoms with Gasteiger partial charge in [0.15, 0.2) is 17.3 Å². The first-order valence-electron chi connectivity index (χ1n) is 30.9. The Hall–Kier alpha value is -5.60. The van der Waals surface area contributed by atoms with E-state index in [1.54, 1.807) is 30.3 Å². The van der Waals surface area contributed by atoms with Gasteiger partial charge in [-0.2, -0.15) is 0 Å². The van der Waals surface area contributed by atoms with Crippen LogP contribution in [0.3, 0.4) is 0 Å². The van der Waals surface area contributed by atoms with E-state index in [4.69, 9.17) is 28.7 Å². The van der Waals surface area contributed by atoms with E-state index in [1.165, 1.54) is 13.8 Å². The van der Waals surface area contributed by atoms with Crippen molar-refractivity contribution in [2.75, 3.05) is 39.3 Å². The summed E-state index contributed by atoms with van der Waals surface area (Å²) >= 11 is 0. The quantitative estimate of drug-likeness (QED) is 0.0422. The Morgan fingerprint density at radius 3 is 1.82 bits per heavy atom. The molecule has 24 heteroatoms. The fraction of sp³-hybridized carbons (Fsp3) is 0.738. The second kappa shape index (κ2) is 40.7. The zero-order valence-corrected chi connectivity index (χ0v) is 51.7. The van der Waals surface area contributed by atoms with Crippen LogP contribution in [0, 0.1) is 35.5 Å². The molecule has 14 atom stereocenters. The Bertz CT molecular complexity index is 2260. The minimum absolute atomic E-state index is 0.0369. The molecule has 6 amide bonds. The third-order valence-corrected chi connectivity index (χ3v) is 16.1. The fourth-order valence-electron chi connectivity index (χ4n) is 10.6. The van der Waals surface area contributed by atoms with Gasteiger partial charge in [0.1, 0.15) is 23.9 Å². The number of carbonyl (C=O) groups excluding carboxylic acids is 10. The molecule has 0 aromatic heterocycles. The summed E-state index contributed by atoms with van der Waals surface area (Å²) in [5, 5.41) is 41.4. The molecule has 1 aromatic rings. The van der Waals surface area contributed by atoms with Gasteiger partial charge >= 0.3 is 0 Å². The smallest absolute Gasteiger partial charge is 0.243 e. The van der Waals surface area contributed by atoms with Crippen molar-refractivity contribution in [3.05, 3.63) is 35.9 Å². The number of hydrogen-bond donors (Lipinski definition) is 14. The Labute approximate surface area is 503 Å². The summed E-state index contributed by atoms with van der Waals surface area (Å²) in [4.78, 5) is 142. The minimum Gasteiger partial charge on any atom is -0.393 e. The Balaban J connectivity index is 2.67. The number of aliphatic hydroxyl groups excluding tert-OH is 2. The molecule has 24 nitrogen and oxygen atoms in total. The highest BCUT2D eigenvalue weighted by Crippen LogP contribution is 2.22. The standard InChI is InChI=1S/C61H106N12O12/c1-8-37(4)14-12-13-17-45(76)32-42(18-24-62)38(5)68-55(40(7)75)54(79)34-44(20-26-64)56(80)69-48-23-29-67-58(82)46(39(6)74)35-53(78)47(21-27-65)70-59(83)49(22-28-66)71-60(84)50(30-36(2)3)73-61(85)51(31-41-15-10-9-11-16-41)72-57(81)43(19-25-63)33-52(48)77/h9-11,15-16,36-40,42-44,46-51,55,68,74-75H,8,12-14,17-35,62-66H2,1-7H3,(H,67,82)(H,69,80)(H,70,83)(H,71,84)(H,72,81)(H,73,85)/t37?,38?,39?,40?,42-,43-,44-,46+,47+,48?,49?,50+,51-,55+/m1/s1. The summed E-state index contributed by atoms with van der Waals surface area (Å²) in [7, 11) is 0. The first-order chi connectivity index (χ1) is 40.3. The van der Waals surface area contributed by atoms with Gasteiger partial charge in [0.2, 0.25) is 35.4 Å². The van der Waals surface area contributed by atoms with Gasteiger partial charge in [-0.05, 0) is 128 Å². The van der Waals surface area contributed by atoms with E-state index < -0.39 is 144 Å². The van der Waals surface area contributed by atoms with Crippen LogP contribution in [0.1, 0.15) is 157 Å². The van der Waals surface area contributed by atoms with E-state index in [-0.39, 0.29) is 108 Å². The van der Waals surface area contributed by atoms with Crippen LogP contribution in [0.4, 0.5) is 0 Å². The van der Waals surface area contributed by atoms with E-state index in [9.17, 15) is 58.2 Å². The fourth-order valence-corrected chi connectivity index (χ4v) is 10.6. The first kappa shape index (κ1) is 75.5. The molecule has 0 radical (unpaired) electrons.